The number of nitrogens with zero attached hydrogens (tertiary/aromatic N) is 2. The second-order valence-electron chi connectivity index (χ2n) is 8.85. The number of carbonyl (C=O) groups is 3. The molecule has 2 bridgehead atoms. The van der Waals surface area contributed by atoms with Crippen molar-refractivity contribution in [2.75, 3.05) is 17.7 Å². The molecular formula is C24H28ClN5O5. The van der Waals surface area contributed by atoms with Gasteiger partial charge in [0, 0.05) is 23.2 Å². The van der Waals surface area contributed by atoms with Gasteiger partial charge in [-0.15, -0.1) is 10.2 Å². The highest BCUT2D eigenvalue weighted by molar-refractivity contribution is 6.30. The summed E-state index contributed by atoms with van der Waals surface area (Å²) in [4.78, 5) is 36.7. The van der Waals surface area contributed by atoms with E-state index in [1.807, 2.05) is 12.2 Å². The van der Waals surface area contributed by atoms with Crippen LogP contribution in [0.2, 0.25) is 5.15 Å². The van der Waals surface area contributed by atoms with Crippen LogP contribution in [-0.2, 0) is 14.3 Å². The molecule has 1 aromatic heterocycles. The van der Waals surface area contributed by atoms with Gasteiger partial charge < -0.3 is 20.1 Å². The average Bonchev–Trinajstić information content (AvgIpc) is 2.77. The van der Waals surface area contributed by atoms with Crippen molar-refractivity contribution in [2.45, 2.75) is 51.7 Å². The van der Waals surface area contributed by atoms with Crippen molar-refractivity contribution in [3.8, 4) is 11.3 Å². The topological polar surface area (TPSA) is 132 Å². The molecule has 0 saturated carbocycles. The molecule has 1 unspecified atom stereocenters. The molecule has 11 heteroatoms. The van der Waals surface area contributed by atoms with E-state index in [4.69, 9.17) is 16.3 Å². The zero-order valence-electron chi connectivity index (χ0n) is 20.0. The normalized spacial score (nSPS) is 16.8. The molecule has 10 nitrogen and oxygen atoms in total. The third-order valence-electron chi connectivity index (χ3n) is 4.92. The number of benzene rings is 1. The van der Waals surface area contributed by atoms with E-state index in [0.717, 1.165) is 0 Å². The Labute approximate surface area is 208 Å². The van der Waals surface area contributed by atoms with Crippen molar-refractivity contribution in [2.24, 2.45) is 0 Å². The molecule has 1 atom stereocenters. The summed E-state index contributed by atoms with van der Waals surface area (Å²) < 4.78 is 10.1. The number of alkyl carbamates (subject to hydrolysis) is 1. The smallest absolute Gasteiger partial charge is 0.411 e. The predicted molar refractivity (Wildman–Crippen MR) is 132 cm³/mol. The van der Waals surface area contributed by atoms with E-state index >= 15 is 0 Å². The Morgan fingerprint density at radius 2 is 1.91 bits per heavy atom. The maximum absolute atomic E-state index is 12.6. The number of anilines is 2. The van der Waals surface area contributed by atoms with E-state index in [9.17, 15) is 14.4 Å². The first-order valence-corrected chi connectivity index (χ1v) is 11.4. The first kappa shape index (κ1) is 26.0. The first-order chi connectivity index (χ1) is 16.6. The summed E-state index contributed by atoms with van der Waals surface area (Å²) in [5, 5.41) is 16.7. The molecule has 186 valence electrons. The van der Waals surface area contributed by atoms with Crippen LogP contribution in [0.5, 0.6) is 0 Å². The third kappa shape index (κ3) is 7.41. The summed E-state index contributed by atoms with van der Waals surface area (Å²) in [6, 6.07) is 6.11. The lowest BCUT2D eigenvalue weighted by Crippen LogP contribution is -2.35. The highest BCUT2D eigenvalue weighted by Gasteiger charge is 2.24. The second kappa shape index (κ2) is 11.2. The van der Waals surface area contributed by atoms with Crippen LogP contribution in [0.4, 0.5) is 21.0 Å². The molecule has 3 amide bonds. The van der Waals surface area contributed by atoms with Gasteiger partial charge in [-0.1, -0.05) is 23.8 Å². The fourth-order valence-electron chi connectivity index (χ4n) is 3.38. The summed E-state index contributed by atoms with van der Waals surface area (Å²) in [5.41, 5.74) is 1.69. The second-order valence-corrected chi connectivity index (χ2v) is 9.20. The van der Waals surface area contributed by atoms with Gasteiger partial charge in [0.2, 0.25) is 5.91 Å². The van der Waals surface area contributed by atoms with Crippen LogP contribution in [0.3, 0.4) is 0 Å². The number of allylic oxidation sites excluding steroid dienone is 1. The van der Waals surface area contributed by atoms with Crippen molar-refractivity contribution in [1.82, 2.24) is 15.5 Å². The molecule has 1 aromatic carbocycles. The first-order valence-electron chi connectivity index (χ1n) is 11.0. The number of fused-ring (bicyclic) bond motifs is 4. The van der Waals surface area contributed by atoms with E-state index in [1.54, 1.807) is 45.0 Å². The summed E-state index contributed by atoms with van der Waals surface area (Å²) in [7, 11) is 1.26. The minimum atomic E-state index is -0.671. The van der Waals surface area contributed by atoms with Gasteiger partial charge in [-0.05, 0) is 57.9 Å². The number of amides is 3. The summed E-state index contributed by atoms with van der Waals surface area (Å²) in [5.74, 6) is -0.212. The number of methoxy groups -OCH3 is 1. The molecule has 0 fully saturated rings. The van der Waals surface area contributed by atoms with E-state index < -0.39 is 23.8 Å². The van der Waals surface area contributed by atoms with Gasteiger partial charge in [-0.25, -0.2) is 9.59 Å². The highest BCUT2D eigenvalue weighted by atomic mass is 35.5. The molecule has 2 aromatic rings. The molecule has 1 aliphatic rings. The number of halogens is 1. The Morgan fingerprint density at radius 1 is 1.14 bits per heavy atom. The van der Waals surface area contributed by atoms with Crippen molar-refractivity contribution in [3.63, 3.8) is 0 Å². The maximum Gasteiger partial charge on any atom is 0.411 e. The summed E-state index contributed by atoms with van der Waals surface area (Å²) >= 11 is 6.39. The van der Waals surface area contributed by atoms with Gasteiger partial charge in [0.15, 0.2) is 5.15 Å². The molecule has 2 heterocycles. The zero-order chi connectivity index (χ0) is 25.6. The molecule has 3 N–H and O–H groups in total. The Bertz CT molecular complexity index is 1150. The Kier molecular flexibility index (Phi) is 8.29. The Morgan fingerprint density at radius 3 is 2.63 bits per heavy atom. The predicted octanol–water partition coefficient (Wildman–Crippen LogP) is 5.22. The van der Waals surface area contributed by atoms with Crippen LogP contribution in [0.15, 0.2) is 36.4 Å². The van der Waals surface area contributed by atoms with Gasteiger partial charge >= 0.3 is 12.2 Å². The molecule has 3 rings (SSSR count). The number of hydrogen-bond donors (Lipinski definition) is 3. The molecular weight excluding hydrogens is 474 g/mol. The maximum atomic E-state index is 12.6. The lowest BCUT2D eigenvalue weighted by Gasteiger charge is -2.24. The Hall–Kier alpha value is -3.66. The largest absolute Gasteiger partial charge is 0.453 e. The van der Waals surface area contributed by atoms with Crippen LogP contribution in [0.1, 0.15) is 51.6 Å². The van der Waals surface area contributed by atoms with Crippen molar-refractivity contribution in [1.29, 1.82) is 0 Å². The quantitative estimate of drug-likeness (QED) is 0.480. The lowest BCUT2D eigenvalue weighted by molar-refractivity contribution is -0.116. The number of nitrogens with one attached hydrogen (secondary N) is 3. The molecule has 0 radical (unpaired) electrons. The van der Waals surface area contributed by atoms with Crippen LogP contribution in [0, 0.1) is 0 Å². The fraction of sp³-hybridized carbons (Fsp3) is 0.375. The van der Waals surface area contributed by atoms with E-state index in [1.165, 1.54) is 7.11 Å². The van der Waals surface area contributed by atoms with Gasteiger partial charge in [-0.2, -0.15) is 0 Å². The van der Waals surface area contributed by atoms with Crippen LogP contribution < -0.4 is 16.0 Å². The van der Waals surface area contributed by atoms with E-state index in [2.05, 4.69) is 30.9 Å². The number of carbonyl (C=O) groups excluding carboxylic acids is 3. The molecule has 1 aliphatic heterocycles. The highest BCUT2D eigenvalue weighted by Crippen LogP contribution is 2.33. The fourth-order valence-corrected chi connectivity index (χ4v) is 3.60. The molecule has 0 aliphatic carbocycles. The van der Waals surface area contributed by atoms with E-state index in [-0.39, 0.29) is 17.5 Å². The number of ether oxygens (including phenoxy) is 2. The van der Waals surface area contributed by atoms with Gasteiger partial charge in [0.05, 0.1) is 24.5 Å². The summed E-state index contributed by atoms with van der Waals surface area (Å²) in [6.45, 7) is 5.33. The third-order valence-corrected chi connectivity index (χ3v) is 5.21. The van der Waals surface area contributed by atoms with Crippen molar-refractivity contribution in [3.05, 3.63) is 47.1 Å². The van der Waals surface area contributed by atoms with Gasteiger partial charge in [-0.3, -0.25) is 10.1 Å². The number of hydrogen-bond acceptors (Lipinski definition) is 7. The Balaban J connectivity index is 2.06. The minimum Gasteiger partial charge on any atom is -0.453 e. The lowest BCUT2D eigenvalue weighted by atomic mass is 10.0. The SMILES string of the molecule is COC(=O)Nc1ccc2c(c1)NC(=O)CC/C=C/CC(NC(=O)OC(C)(C)C)c1cc-2nnc1Cl. The van der Waals surface area contributed by atoms with Crippen LogP contribution >= 0.6 is 11.6 Å². The monoisotopic (exact) mass is 501 g/mol. The summed E-state index contributed by atoms with van der Waals surface area (Å²) in [6.07, 6.45) is 3.62. The minimum absolute atomic E-state index is 0.132. The number of aromatic nitrogens is 2. The zero-order valence-corrected chi connectivity index (χ0v) is 20.7. The molecule has 0 saturated heterocycles. The van der Waals surface area contributed by atoms with Crippen LogP contribution in [-0.4, -0.2) is 41.0 Å². The molecule has 0 spiro atoms. The van der Waals surface area contributed by atoms with Crippen molar-refractivity contribution >= 4 is 41.1 Å². The van der Waals surface area contributed by atoms with Gasteiger partial charge in [0.1, 0.15) is 5.60 Å². The number of rotatable bonds is 2. The van der Waals surface area contributed by atoms with Gasteiger partial charge in [0.25, 0.3) is 0 Å². The standard InChI is InChI=1S/C24H28ClN5O5/c1-24(2,3)35-23(33)28-17-8-6-5-7-9-20(31)27-18-12-14(26-22(32)34-4)10-11-15(18)19-13-16(17)21(25)30-29-19/h5-6,10-13,17H,7-9H2,1-4H3,(H,26,32)(H,27,31)(H,28,33)/b6-5+. The van der Waals surface area contributed by atoms with E-state index in [0.29, 0.717) is 41.0 Å². The molecule has 35 heavy (non-hydrogen) atoms. The van der Waals surface area contributed by atoms with Crippen LogP contribution in [0.25, 0.3) is 11.3 Å². The average molecular weight is 502 g/mol. The van der Waals surface area contributed by atoms with Crippen molar-refractivity contribution < 1.29 is 23.9 Å².